The number of aromatic nitrogens is 3. The third-order valence-electron chi connectivity index (χ3n) is 7.50. The first-order valence-corrected chi connectivity index (χ1v) is 14.8. The third kappa shape index (κ3) is 5.37. The SMILES string of the molecule is Cc1c(S(=O)(=O)N2CCn3nccc3C2)cc(C(=O)NCc2cccc3c2CN(C(=O)OC(C)(C)C)CC3)n1C. The van der Waals surface area contributed by atoms with Gasteiger partial charge in [-0.3, -0.25) is 9.48 Å². The maximum absolute atomic E-state index is 13.5. The number of carbonyl (C=O) groups is 2. The first-order chi connectivity index (χ1) is 18.8. The van der Waals surface area contributed by atoms with E-state index in [0.717, 1.165) is 22.4 Å². The van der Waals surface area contributed by atoms with Crippen molar-refractivity contribution in [1.82, 2.24) is 28.9 Å². The van der Waals surface area contributed by atoms with Crippen LogP contribution in [0, 0.1) is 6.92 Å². The van der Waals surface area contributed by atoms with E-state index in [4.69, 9.17) is 4.74 Å². The highest BCUT2D eigenvalue weighted by molar-refractivity contribution is 7.89. The lowest BCUT2D eigenvalue weighted by molar-refractivity contribution is 0.0223. The number of carbonyl (C=O) groups excluding carboxylic acids is 2. The Morgan fingerprint density at radius 1 is 1.10 bits per heavy atom. The topological polar surface area (TPSA) is 119 Å². The fraction of sp³-hybridized carbons (Fsp3) is 0.464. The van der Waals surface area contributed by atoms with Gasteiger partial charge in [-0.1, -0.05) is 18.2 Å². The molecule has 4 heterocycles. The molecule has 0 saturated carbocycles. The Labute approximate surface area is 234 Å². The van der Waals surface area contributed by atoms with Gasteiger partial charge in [0, 0.05) is 45.1 Å². The van der Waals surface area contributed by atoms with Crippen LogP contribution in [0.15, 0.2) is 41.4 Å². The summed E-state index contributed by atoms with van der Waals surface area (Å²) in [5, 5.41) is 7.17. The minimum atomic E-state index is -3.81. The maximum atomic E-state index is 13.5. The molecule has 0 bridgehead atoms. The standard InChI is InChI=1S/C28H36N6O5S/c1-19-25(40(37,38)33-13-14-34-22(17-33)9-11-30-34)15-24(31(19)5)26(35)29-16-21-8-6-7-20-10-12-32(18-23(20)21)27(36)39-28(2,3)4/h6-9,11,15H,10,12-14,16-18H2,1-5H3,(H,29,35). The molecule has 0 saturated heterocycles. The van der Waals surface area contributed by atoms with Crippen molar-refractivity contribution in [2.45, 2.75) is 70.8 Å². The minimum Gasteiger partial charge on any atom is -0.444 e. The fourth-order valence-electron chi connectivity index (χ4n) is 5.22. The summed E-state index contributed by atoms with van der Waals surface area (Å²) in [6.07, 6.45) is 2.01. The van der Waals surface area contributed by atoms with Crippen molar-refractivity contribution in [3.63, 3.8) is 0 Å². The highest BCUT2D eigenvalue weighted by atomic mass is 32.2. The van der Waals surface area contributed by atoms with Gasteiger partial charge in [0.05, 0.1) is 18.8 Å². The van der Waals surface area contributed by atoms with Crippen LogP contribution in [0.4, 0.5) is 4.79 Å². The summed E-state index contributed by atoms with van der Waals surface area (Å²) in [6, 6.07) is 9.19. The molecule has 1 aromatic carbocycles. The van der Waals surface area contributed by atoms with Gasteiger partial charge in [-0.25, -0.2) is 13.2 Å². The predicted molar refractivity (Wildman–Crippen MR) is 148 cm³/mol. The van der Waals surface area contributed by atoms with Crippen LogP contribution < -0.4 is 5.32 Å². The molecule has 0 unspecified atom stereocenters. The van der Waals surface area contributed by atoms with E-state index in [1.165, 1.54) is 10.4 Å². The van der Waals surface area contributed by atoms with Crippen LogP contribution in [0.3, 0.4) is 0 Å². The number of hydrogen-bond acceptors (Lipinski definition) is 6. The third-order valence-corrected chi connectivity index (χ3v) is 9.47. The lowest BCUT2D eigenvalue weighted by Gasteiger charge is -2.32. The van der Waals surface area contributed by atoms with Gasteiger partial charge in [-0.2, -0.15) is 9.40 Å². The summed E-state index contributed by atoms with van der Waals surface area (Å²) < 4.78 is 37.5. The van der Waals surface area contributed by atoms with E-state index < -0.39 is 15.6 Å². The second kappa shape index (κ2) is 10.4. The average molecular weight is 569 g/mol. The molecule has 0 aliphatic carbocycles. The van der Waals surface area contributed by atoms with E-state index >= 15 is 0 Å². The van der Waals surface area contributed by atoms with Crippen molar-refractivity contribution in [2.75, 3.05) is 13.1 Å². The molecule has 0 radical (unpaired) electrons. The summed E-state index contributed by atoms with van der Waals surface area (Å²) in [6.45, 7) is 9.46. The normalized spacial score (nSPS) is 15.9. The van der Waals surface area contributed by atoms with Crippen molar-refractivity contribution < 1.29 is 22.7 Å². The van der Waals surface area contributed by atoms with Gasteiger partial charge in [0.1, 0.15) is 16.2 Å². The largest absolute Gasteiger partial charge is 0.444 e. The van der Waals surface area contributed by atoms with E-state index in [0.29, 0.717) is 38.3 Å². The lowest BCUT2D eigenvalue weighted by Crippen LogP contribution is -2.40. The number of nitrogens with one attached hydrogen (secondary N) is 1. The number of rotatable bonds is 5. The average Bonchev–Trinajstić information content (AvgIpc) is 3.50. The van der Waals surface area contributed by atoms with Gasteiger partial charge < -0.3 is 19.5 Å². The summed E-state index contributed by atoms with van der Waals surface area (Å²) >= 11 is 0. The Bertz CT molecular complexity index is 1570. The number of hydrogen-bond donors (Lipinski definition) is 1. The molecular formula is C28H36N6O5S. The van der Waals surface area contributed by atoms with Crippen LogP contribution in [0.25, 0.3) is 0 Å². The monoisotopic (exact) mass is 568 g/mol. The molecule has 0 atom stereocenters. The van der Waals surface area contributed by atoms with E-state index in [9.17, 15) is 18.0 Å². The molecule has 5 rings (SSSR count). The molecule has 12 heteroatoms. The Kier molecular flexibility index (Phi) is 7.26. The summed E-state index contributed by atoms with van der Waals surface area (Å²) in [5.41, 5.74) is 4.04. The van der Waals surface area contributed by atoms with E-state index in [-0.39, 0.29) is 35.7 Å². The maximum Gasteiger partial charge on any atom is 0.410 e. The number of nitrogens with zero attached hydrogens (tertiary/aromatic N) is 5. The Hall–Kier alpha value is -3.64. The molecule has 40 heavy (non-hydrogen) atoms. The first-order valence-electron chi connectivity index (χ1n) is 13.4. The highest BCUT2D eigenvalue weighted by Gasteiger charge is 2.33. The lowest BCUT2D eigenvalue weighted by atomic mass is 9.95. The number of sulfonamides is 1. The van der Waals surface area contributed by atoms with Crippen LogP contribution in [0.2, 0.25) is 0 Å². The van der Waals surface area contributed by atoms with Crippen LogP contribution in [-0.2, 0) is 54.4 Å². The molecule has 0 fully saturated rings. The first kappa shape index (κ1) is 27.9. The Balaban J connectivity index is 1.31. The van der Waals surface area contributed by atoms with Gasteiger partial charge >= 0.3 is 6.09 Å². The molecule has 2 aromatic heterocycles. The molecule has 3 aromatic rings. The second-order valence-corrected chi connectivity index (χ2v) is 13.2. The number of benzene rings is 1. The number of fused-ring (bicyclic) bond motifs is 2. The molecule has 2 amide bonds. The molecule has 11 nitrogen and oxygen atoms in total. The van der Waals surface area contributed by atoms with E-state index in [2.05, 4.69) is 10.4 Å². The van der Waals surface area contributed by atoms with Gasteiger partial charge in [-0.05, 0) is 62.9 Å². The van der Waals surface area contributed by atoms with Crippen molar-refractivity contribution in [2.24, 2.45) is 7.05 Å². The van der Waals surface area contributed by atoms with Gasteiger partial charge in [0.2, 0.25) is 10.0 Å². The Morgan fingerprint density at radius 3 is 2.62 bits per heavy atom. The molecule has 0 spiro atoms. The molecule has 1 N–H and O–H groups in total. The van der Waals surface area contributed by atoms with Crippen molar-refractivity contribution >= 4 is 22.0 Å². The van der Waals surface area contributed by atoms with E-state index in [1.807, 2.05) is 45.0 Å². The smallest absolute Gasteiger partial charge is 0.410 e. The molecule has 2 aliphatic heterocycles. The Morgan fingerprint density at radius 2 is 1.88 bits per heavy atom. The van der Waals surface area contributed by atoms with Crippen LogP contribution >= 0.6 is 0 Å². The van der Waals surface area contributed by atoms with Crippen molar-refractivity contribution in [3.8, 4) is 0 Å². The van der Waals surface area contributed by atoms with Crippen molar-refractivity contribution in [3.05, 3.63) is 70.3 Å². The molecular weight excluding hydrogens is 532 g/mol. The van der Waals surface area contributed by atoms with Gasteiger partial charge in [0.25, 0.3) is 5.91 Å². The highest BCUT2D eigenvalue weighted by Crippen LogP contribution is 2.27. The molecule has 2 aliphatic rings. The van der Waals surface area contributed by atoms with Crippen LogP contribution in [0.5, 0.6) is 0 Å². The van der Waals surface area contributed by atoms with Gasteiger partial charge in [-0.15, -0.1) is 0 Å². The number of amides is 2. The molecule has 214 valence electrons. The zero-order chi connectivity index (χ0) is 28.8. The zero-order valence-corrected chi connectivity index (χ0v) is 24.4. The van der Waals surface area contributed by atoms with Crippen molar-refractivity contribution in [1.29, 1.82) is 0 Å². The quantitative estimate of drug-likeness (QED) is 0.506. The number of ether oxygens (including phenoxy) is 1. The summed E-state index contributed by atoms with van der Waals surface area (Å²) in [7, 11) is -2.12. The zero-order valence-electron chi connectivity index (χ0n) is 23.6. The second-order valence-electron chi connectivity index (χ2n) is 11.3. The van der Waals surface area contributed by atoms with Crippen LogP contribution in [0.1, 0.15) is 59.3 Å². The minimum absolute atomic E-state index is 0.123. The van der Waals surface area contributed by atoms with E-state index in [1.54, 1.807) is 34.3 Å². The summed E-state index contributed by atoms with van der Waals surface area (Å²) in [4.78, 5) is 27.8. The van der Waals surface area contributed by atoms with Crippen LogP contribution in [-0.4, -0.2) is 62.7 Å². The fourth-order valence-corrected chi connectivity index (χ4v) is 6.89. The predicted octanol–water partition coefficient (Wildman–Crippen LogP) is 2.96. The summed E-state index contributed by atoms with van der Waals surface area (Å²) in [5.74, 6) is -0.374. The van der Waals surface area contributed by atoms with Gasteiger partial charge in [0.15, 0.2) is 0 Å².